The van der Waals surface area contributed by atoms with E-state index in [0.29, 0.717) is 12.2 Å². The Morgan fingerprint density at radius 2 is 1.79 bits per heavy atom. The normalized spacial score (nSPS) is 10.7. The van der Waals surface area contributed by atoms with Gasteiger partial charge in [-0.2, -0.15) is 10.2 Å². The first-order valence-corrected chi connectivity index (χ1v) is 7.51. The Morgan fingerprint density at radius 1 is 1.08 bits per heavy atom. The summed E-state index contributed by atoms with van der Waals surface area (Å²) in [5, 5.41) is 10.9. The van der Waals surface area contributed by atoms with Gasteiger partial charge in [-0.25, -0.2) is 10.2 Å². The van der Waals surface area contributed by atoms with Crippen molar-refractivity contribution < 1.29 is 4.79 Å². The van der Waals surface area contributed by atoms with E-state index in [-0.39, 0.29) is 0 Å². The molecule has 0 saturated heterocycles. The lowest BCUT2D eigenvalue weighted by Gasteiger charge is -2.02. The lowest BCUT2D eigenvalue weighted by atomic mass is 10.2. The van der Waals surface area contributed by atoms with Crippen LogP contribution in [0.1, 0.15) is 11.1 Å². The minimum atomic E-state index is -0.394. The van der Waals surface area contributed by atoms with E-state index >= 15 is 0 Å². The molecule has 0 fully saturated rings. The van der Waals surface area contributed by atoms with E-state index in [1.807, 2.05) is 59.4 Å². The molecule has 6 heteroatoms. The smallest absolute Gasteiger partial charge is 0.307 e. The Kier molecular flexibility index (Phi) is 4.99. The van der Waals surface area contributed by atoms with Crippen LogP contribution >= 0.6 is 0 Å². The summed E-state index contributed by atoms with van der Waals surface area (Å²) in [5.41, 5.74) is 5.11. The van der Waals surface area contributed by atoms with E-state index in [0.717, 1.165) is 5.56 Å². The second-order valence-electron chi connectivity index (χ2n) is 5.15. The average Bonchev–Trinajstić information content (AvgIpc) is 3.04. The lowest BCUT2D eigenvalue weighted by molar-refractivity contribution is 0.252. The molecule has 3 aromatic rings. The molecule has 6 nitrogen and oxygen atoms in total. The van der Waals surface area contributed by atoms with Gasteiger partial charge in [-0.3, -0.25) is 4.68 Å². The van der Waals surface area contributed by atoms with Crippen LogP contribution in [0, 0.1) is 0 Å². The maximum atomic E-state index is 11.7. The number of urea groups is 1. The fraction of sp³-hybridized carbons (Fsp3) is 0.0556. The molecule has 120 valence electrons. The average molecular weight is 319 g/mol. The molecule has 2 N–H and O–H groups in total. The van der Waals surface area contributed by atoms with Gasteiger partial charge in [0.1, 0.15) is 0 Å². The summed E-state index contributed by atoms with van der Waals surface area (Å²) < 4.78 is 1.82. The first-order chi connectivity index (χ1) is 11.8. The Hall–Kier alpha value is -3.41. The highest BCUT2D eigenvalue weighted by molar-refractivity contribution is 5.90. The second kappa shape index (κ2) is 7.73. The molecule has 0 unspecified atom stereocenters. The molecular formula is C18H17N5O. The SMILES string of the molecule is O=C(N/N=C\c1cnn(Cc2ccccc2)c1)Nc1ccccc1. The molecule has 0 aliphatic carbocycles. The predicted octanol–water partition coefficient (Wildman–Crippen LogP) is 3.09. The van der Waals surface area contributed by atoms with Crippen molar-refractivity contribution in [2.75, 3.05) is 5.32 Å². The summed E-state index contributed by atoms with van der Waals surface area (Å²) in [4.78, 5) is 11.7. The van der Waals surface area contributed by atoms with Crippen molar-refractivity contribution >= 4 is 17.9 Å². The molecule has 0 aliphatic rings. The summed E-state index contributed by atoms with van der Waals surface area (Å²) in [6.45, 7) is 0.691. The van der Waals surface area contributed by atoms with E-state index in [1.54, 1.807) is 24.5 Å². The quantitative estimate of drug-likeness (QED) is 0.560. The van der Waals surface area contributed by atoms with Crippen molar-refractivity contribution in [3.05, 3.63) is 84.2 Å². The van der Waals surface area contributed by atoms with Crippen LogP contribution in [0.25, 0.3) is 0 Å². The van der Waals surface area contributed by atoms with Crippen molar-refractivity contribution in [3.63, 3.8) is 0 Å². The van der Waals surface area contributed by atoms with E-state index in [4.69, 9.17) is 0 Å². The minimum absolute atomic E-state index is 0.394. The molecule has 1 heterocycles. The number of para-hydroxylation sites is 1. The zero-order valence-corrected chi connectivity index (χ0v) is 13.0. The number of hydrogen-bond donors (Lipinski definition) is 2. The molecule has 0 radical (unpaired) electrons. The van der Waals surface area contributed by atoms with Crippen LogP contribution in [-0.2, 0) is 6.54 Å². The number of carbonyl (C=O) groups excluding carboxylic acids is 1. The van der Waals surface area contributed by atoms with Crippen LogP contribution in [0.3, 0.4) is 0 Å². The number of hydrogen-bond acceptors (Lipinski definition) is 3. The Balaban J connectivity index is 1.51. The van der Waals surface area contributed by atoms with Crippen LogP contribution in [0.2, 0.25) is 0 Å². The molecule has 1 aromatic heterocycles. The highest BCUT2D eigenvalue weighted by Gasteiger charge is 2.00. The van der Waals surface area contributed by atoms with Crippen molar-refractivity contribution in [1.29, 1.82) is 0 Å². The van der Waals surface area contributed by atoms with Gasteiger partial charge in [0.25, 0.3) is 0 Å². The van der Waals surface area contributed by atoms with Gasteiger partial charge >= 0.3 is 6.03 Å². The maximum Gasteiger partial charge on any atom is 0.339 e. The summed E-state index contributed by atoms with van der Waals surface area (Å²) in [5.74, 6) is 0. The number of aromatic nitrogens is 2. The molecule has 0 bridgehead atoms. The Bertz CT molecular complexity index is 812. The van der Waals surface area contributed by atoms with Gasteiger partial charge in [0.15, 0.2) is 0 Å². The van der Waals surface area contributed by atoms with Gasteiger partial charge in [0, 0.05) is 17.4 Å². The van der Waals surface area contributed by atoms with Gasteiger partial charge in [0.05, 0.1) is 19.0 Å². The molecule has 0 atom stereocenters. The molecule has 2 amide bonds. The highest BCUT2D eigenvalue weighted by Crippen LogP contribution is 2.04. The second-order valence-corrected chi connectivity index (χ2v) is 5.15. The topological polar surface area (TPSA) is 71.3 Å². The van der Waals surface area contributed by atoms with Gasteiger partial charge in [-0.1, -0.05) is 48.5 Å². The standard InChI is InChI=1S/C18H17N5O/c24-18(21-17-9-5-2-6-10-17)22-19-11-16-12-20-23(14-16)13-15-7-3-1-4-8-15/h1-12,14H,13H2,(H2,21,22,24)/b19-11-. The number of carbonyl (C=O) groups is 1. The van der Waals surface area contributed by atoms with Crippen LogP contribution in [0.15, 0.2) is 78.2 Å². The predicted molar refractivity (Wildman–Crippen MR) is 94.0 cm³/mol. The third kappa shape index (κ3) is 4.54. The first kappa shape index (κ1) is 15.5. The van der Waals surface area contributed by atoms with Crippen molar-refractivity contribution in [2.24, 2.45) is 5.10 Å². The molecule has 0 saturated carbocycles. The van der Waals surface area contributed by atoms with Crippen molar-refractivity contribution in [2.45, 2.75) is 6.54 Å². The summed E-state index contributed by atoms with van der Waals surface area (Å²) >= 11 is 0. The van der Waals surface area contributed by atoms with Gasteiger partial charge in [-0.05, 0) is 17.7 Å². The van der Waals surface area contributed by atoms with Crippen molar-refractivity contribution in [1.82, 2.24) is 15.2 Å². The molecule has 24 heavy (non-hydrogen) atoms. The first-order valence-electron chi connectivity index (χ1n) is 7.51. The minimum Gasteiger partial charge on any atom is -0.307 e. The lowest BCUT2D eigenvalue weighted by Crippen LogP contribution is -2.24. The summed E-state index contributed by atoms with van der Waals surface area (Å²) in [6.07, 6.45) is 5.12. The Labute approximate surface area is 139 Å². The van der Waals surface area contributed by atoms with E-state index in [1.165, 1.54) is 5.56 Å². The van der Waals surface area contributed by atoms with Crippen LogP contribution in [0.4, 0.5) is 10.5 Å². The highest BCUT2D eigenvalue weighted by atomic mass is 16.2. The van der Waals surface area contributed by atoms with E-state index in [2.05, 4.69) is 20.9 Å². The Morgan fingerprint density at radius 3 is 2.54 bits per heavy atom. The molecule has 3 rings (SSSR count). The summed E-state index contributed by atoms with van der Waals surface area (Å²) in [6, 6.07) is 18.9. The van der Waals surface area contributed by atoms with Crippen LogP contribution in [-0.4, -0.2) is 22.0 Å². The molecule has 2 aromatic carbocycles. The van der Waals surface area contributed by atoms with E-state index < -0.39 is 6.03 Å². The van der Waals surface area contributed by atoms with Gasteiger partial charge < -0.3 is 5.32 Å². The van der Waals surface area contributed by atoms with Crippen LogP contribution < -0.4 is 10.7 Å². The summed E-state index contributed by atoms with van der Waals surface area (Å²) in [7, 11) is 0. The zero-order chi connectivity index (χ0) is 16.6. The fourth-order valence-electron chi connectivity index (χ4n) is 2.15. The maximum absolute atomic E-state index is 11.7. The number of anilines is 1. The molecule has 0 aliphatic heterocycles. The number of amides is 2. The van der Waals surface area contributed by atoms with Crippen molar-refractivity contribution in [3.8, 4) is 0 Å². The number of nitrogens with one attached hydrogen (secondary N) is 2. The monoisotopic (exact) mass is 319 g/mol. The third-order valence-corrected chi connectivity index (χ3v) is 3.25. The van der Waals surface area contributed by atoms with E-state index in [9.17, 15) is 4.79 Å². The number of nitrogens with zero attached hydrogens (tertiary/aromatic N) is 3. The van der Waals surface area contributed by atoms with Gasteiger partial charge in [-0.15, -0.1) is 0 Å². The number of hydrazone groups is 1. The van der Waals surface area contributed by atoms with Gasteiger partial charge in [0.2, 0.25) is 0 Å². The third-order valence-electron chi connectivity index (χ3n) is 3.25. The fourth-order valence-corrected chi connectivity index (χ4v) is 2.15. The largest absolute Gasteiger partial charge is 0.339 e. The molecule has 0 spiro atoms. The zero-order valence-electron chi connectivity index (χ0n) is 13.0. The number of benzene rings is 2. The number of rotatable bonds is 5. The van der Waals surface area contributed by atoms with Crippen LogP contribution in [0.5, 0.6) is 0 Å². The molecular weight excluding hydrogens is 302 g/mol.